The van der Waals surface area contributed by atoms with Crippen molar-refractivity contribution in [2.45, 2.75) is 12.5 Å². The van der Waals surface area contributed by atoms with Crippen LogP contribution in [-0.2, 0) is 11.2 Å². The van der Waals surface area contributed by atoms with Crippen LogP contribution >= 0.6 is 15.9 Å². The molecule has 3 N–H and O–H groups in total. The quantitative estimate of drug-likeness (QED) is 0.762. The lowest BCUT2D eigenvalue weighted by Crippen LogP contribution is -2.22. The Morgan fingerprint density at radius 2 is 2.14 bits per heavy atom. The number of rotatable bonds is 3. The van der Waals surface area contributed by atoms with Gasteiger partial charge in [0.05, 0.1) is 0 Å². The van der Waals surface area contributed by atoms with E-state index in [4.69, 9.17) is 15.3 Å². The zero-order chi connectivity index (χ0) is 10.7. The van der Waals surface area contributed by atoms with Crippen LogP contribution < -0.4 is 0 Å². The second kappa shape index (κ2) is 4.43. The molecule has 0 bridgehead atoms. The predicted octanol–water partition coefficient (Wildman–Crippen LogP) is 1.14. The van der Waals surface area contributed by atoms with Gasteiger partial charge >= 0.3 is 5.97 Å². The summed E-state index contributed by atoms with van der Waals surface area (Å²) in [6, 6.07) is 4.45. The lowest BCUT2D eigenvalue weighted by atomic mass is 10.1. The second-order valence-electron chi connectivity index (χ2n) is 2.83. The van der Waals surface area contributed by atoms with Gasteiger partial charge in [-0.05, 0) is 17.7 Å². The minimum absolute atomic E-state index is 0.0101. The lowest BCUT2D eigenvalue weighted by molar-refractivity contribution is -0.146. The normalized spacial score (nSPS) is 12.4. The highest BCUT2D eigenvalue weighted by Crippen LogP contribution is 2.23. The van der Waals surface area contributed by atoms with Crippen LogP contribution in [0.4, 0.5) is 0 Å². The molecular weight excluding hydrogens is 252 g/mol. The molecule has 0 saturated carbocycles. The van der Waals surface area contributed by atoms with Crippen molar-refractivity contribution in [3.63, 3.8) is 0 Å². The van der Waals surface area contributed by atoms with Crippen molar-refractivity contribution in [3.05, 3.63) is 28.2 Å². The minimum atomic E-state index is -1.42. The van der Waals surface area contributed by atoms with Gasteiger partial charge in [-0.25, -0.2) is 4.79 Å². The molecule has 0 aliphatic carbocycles. The summed E-state index contributed by atoms with van der Waals surface area (Å²) >= 11 is 3.16. The number of carboxylic acid groups (broad SMARTS) is 1. The largest absolute Gasteiger partial charge is 0.508 e. The van der Waals surface area contributed by atoms with Crippen molar-refractivity contribution in [3.8, 4) is 5.75 Å². The van der Waals surface area contributed by atoms with E-state index in [-0.39, 0.29) is 12.2 Å². The predicted molar refractivity (Wildman–Crippen MR) is 53.2 cm³/mol. The smallest absolute Gasteiger partial charge is 0.332 e. The van der Waals surface area contributed by atoms with Crippen LogP contribution in [0.25, 0.3) is 0 Å². The summed E-state index contributed by atoms with van der Waals surface area (Å²) in [5.41, 5.74) is 0.637. The highest BCUT2D eigenvalue weighted by molar-refractivity contribution is 9.10. The van der Waals surface area contributed by atoms with E-state index in [9.17, 15) is 4.79 Å². The molecule has 0 aliphatic heterocycles. The van der Waals surface area contributed by atoms with Crippen molar-refractivity contribution in [1.82, 2.24) is 0 Å². The third kappa shape index (κ3) is 2.71. The van der Waals surface area contributed by atoms with Crippen molar-refractivity contribution < 1.29 is 20.1 Å². The van der Waals surface area contributed by atoms with E-state index in [1.807, 2.05) is 0 Å². The summed E-state index contributed by atoms with van der Waals surface area (Å²) in [7, 11) is 0. The molecule has 76 valence electrons. The van der Waals surface area contributed by atoms with Crippen LogP contribution in [0.15, 0.2) is 22.7 Å². The van der Waals surface area contributed by atoms with Crippen LogP contribution in [0.5, 0.6) is 5.75 Å². The molecule has 14 heavy (non-hydrogen) atoms. The average molecular weight is 261 g/mol. The summed E-state index contributed by atoms with van der Waals surface area (Å²) in [5, 5.41) is 26.6. The van der Waals surface area contributed by atoms with E-state index in [0.717, 1.165) is 0 Å². The number of phenolic OH excluding ortho intramolecular Hbond substituents is 1. The van der Waals surface area contributed by atoms with Gasteiger partial charge in [0.25, 0.3) is 0 Å². The van der Waals surface area contributed by atoms with Gasteiger partial charge in [0, 0.05) is 10.9 Å². The molecule has 0 fully saturated rings. The van der Waals surface area contributed by atoms with E-state index < -0.39 is 12.1 Å². The van der Waals surface area contributed by atoms with Crippen LogP contribution in [0.3, 0.4) is 0 Å². The molecule has 0 radical (unpaired) electrons. The van der Waals surface area contributed by atoms with Crippen molar-refractivity contribution in [1.29, 1.82) is 0 Å². The molecule has 0 spiro atoms. The number of hydrogen-bond acceptors (Lipinski definition) is 3. The van der Waals surface area contributed by atoms with Gasteiger partial charge in [-0.2, -0.15) is 0 Å². The summed E-state index contributed by atoms with van der Waals surface area (Å²) in [6.45, 7) is 0. The van der Waals surface area contributed by atoms with Crippen molar-refractivity contribution >= 4 is 21.9 Å². The number of aromatic hydroxyl groups is 1. The molecule has 1 rings (SSSR count). The van der Waals surface area contributed by atoms with Gasteiger partial charge < -0.3 is 15.3 Å². The maximum Gasteiger partial charge on any atom is 0.332 e. The number of aliphatic hydroxyl groups is 1. The van der Waals surface area contributed by atoms with E-state index in [2.05, 4.69) is 15.9 Å². The average Bonchev–Trinajstić information content (AvgIpc) is 2.09. The molecule has 0 heterocycles. The lowest BCUT2D eigenvalue weighted by Gasteiger charge is -2.07. The monoisotopic (exact) mass is 260 g/mol. The first kappa shape index (κ1) is 11.0. The van der Waals surface area contributed by atoms with Gasteiger partial charge in [0.2, 0.25) is 0 Å². The molecule has 0 aliphatic rings. The number of aliphatic hydroxyl groups excluding tert-OH is 1. The van der Waals surface area contributed by atoms with Crippen LogP contribution in [0.2, 0.25) is 0 Å². The van der Waals surface area contributed by atoms with Gasteiger partial charge in [0.1, 0.15) is 5.75 Å². The summed E-state index contributed by atoms with van der Waals surface area (Å²) in [5.74, 6) is -1.17. The van der Waals surface area contributed by atoms with Crippen LogP contribution in [0, 0.1) is 0 Å². The van der Waals surface area contributed by atoms with Gasteiger partial charge in [-0.15, -0.1) is 0 Å². The van der Waals surface area contributed by atoms with Crippen molar-refractivity contribution in [2.75, 3.05) is 0 Å². The zero-order valence-corrected chi connectivity index (χ0v) is 8.73. The number of carbonyl (C=O) groups is 1. The van der Waals surface area contributed by atoms with E-state index in [0.29, 0.717) is 10.0 Å². The van der Waals surface area contributed by atoms with Gasteiger partial charge in [-0.3, -0.25) is 0 Å². The Labute approximate surface area is 88.9 Å². The maximum atomic E-state index is 10.4. The fraction of sp³-hybridized carbons (Fsp3) is 0.222. The molecular formula is C9H9BrO4. The Morgan fingerprint density at radius 3 is 2.64 bits per heavy atom. The number of hydrogen-bond donors (Lipinski definition) is 3. The highest BCUT2D eigenvalue weighted by Gasteiger charge is 2.15. The molecule has 0 saturated heterocycles. The molecule has 0 aromatic heterocycles. The van der Waals surface area contributed by atoms with Crippen LogP contribution in [-0.4, -0.2) is 27.4 Å². The molecule has 4 nitrogen and oxygen atoms in total. The standard InChI is InChI=1S/C9H9BrO4/c10-7-4-6(11)2-1-5(7)3-8(12)9(13)14/h1-2,4,8,11-12H,3H2,(H,13,14). The zero-order valence-electron chi connectivity index (χ0n) is 7.14. The molecule has 0 amide bonds. The fourth-order valence-electron chi connectivity index (χ4n) is 0.997. The maximum absolute atomic E-state index is 10.4. The minimum Gasteiger partial charge on any atom is -0.508 e. The fourth-order valence-corrected chi connectivity index (χ4v) is 1.53. The number of halogens is 1. The van der Waals surface area contributed by atoms with E-state index in [1.54, 1.807) is 6.07 Å². The van der Waals surface area contributed by atoms with Crippen molar-refractivity contribution in [2.24, 2.45) is 0 Å². The molecule has 1 aromatic carbocycles. The first-order valence-corrected chi connectivity index (χ1v) is 4.68. The SMILES string of the molecule is O=C(O)C(O)Cc1ccc(O)cc1Br. The summed E-state index contributed by atoms with van der Waals surface area (Å²) < 4.78 is 0.581. The molecule has 1 aromatic rings. The van der Waals surface area contributed by atoms with E-state index in [1.165, 1.54) is 12.1 Å². The van der Waals surface area contributed by atoms with Gasteiger partial charge in [0.15, 0.2) is 6.10 Å². The number of phenols is 1. The number of carboxylic acids is 1. The topological polar surface area (TPSA) is 77.8 Å². The molecule has 1 unspecified atom stereocenters. The molecule has 1 atom stereocenters. The number of benzene rings is 1. The molecule has 5 heteroatoms. The number of aliphatic carboxylic acids is 1. The Bertz CT molecular complexity index is 351. The first-order valence-electron chi connectivity index (χ1n) is 3.89. The Balaban J connectivity index is 2.82. The second-order valence-corrected chi connectivity index (χ2v) is 3.69. The van der Waals surface area contributed by atoms with Crippen LogP contribution in [0.1, 0.15) is 5.56 Å². The Hall–Kier alpha value is -1.07. The Kier molecular flexibility index (Phi) is 3.49. The van der Waals surface area contributed by atoms with E-state index >= 15 is 0 Å². The Morgan fingerprint density at radius 1 is 1.50 bits per heavy atom. The third-order valence-electron chi connectivity index (χ3n) is 1.73. The van der Waals surface area contributed by atoms with Gasteiger partial charge in [-0.1, -0.05) is 22.0 Å². The summed E-state index contributed by atoms with van der Waals surface area (Å²) in [6.07, 6.45) is -1.41. The highest BCUT2D eigenvalue weighted by atomic mass is 79.9. The first-order chi connectivity index (χ1) is 6.50. The third-order valence-corrected chi connectivity index (χ3v) is 2.47. The summed E-state index contributed by atoms with van der Waals surface area (Å²) in [4.78, 5) is 10.4.